The minimum absolute atomic E-state index is 0.0165. The molecule has 0 bridgehead atoms. The van der Waals surface area contributed by atoms with Crippen LogP contribution in [0, 0.1) is 6.92 Å². The van der Waals surface area contributed by atoms with E-state index in [2.05, 4.69) is 15.3 Å². The van der Waals surface area contributed by atoms with Gasteiger partial charge in [0.25, 0.3) is 0 Å². The predicted octanol–water partition coefficient (Wildman–Crippen LogP) is 0.537. The van der Waals surface area contributed by atoms with Gasteiger partial charge in [0, 0.05) is 23.9 Å². The molecule has 0 spiro atoms. The summed E-state index contributed by atoms with van der Waals surface area (Å²) in [5.41, 5.74) is -0.336. The van der Waals surface area contributed by atoms with Crippen molar-refractivity contribution in [1.82, 2.24) is 15.3 Å². The SMILES string of the molecule is Cc1[nH]c(=O)nc(SCCC(=O)NC2CC2)c1C(=O)O. The van der Waals surface area contributed by atoms with E-state index in [4.69, 9.17) is 5.11 Å². The highest BCUT2D eigenvalue weighted by Crippen LogP contribution is 2.22. The van der Waals surface area contributed by atoms with Gasteiger partial charge in [0.05, 0.1) is 0 Å². The minimum atomic E-state index is -1.14. The number of carboxylic acids is 1. The molecule has 108 valence electrons. The van der Waals surface area contributed by atoms with E-state index in [0.717, 1.165) is 24.6 Å². The van der Waals surface area contributed by atoms with Gasteiger partial charge in [-0.1, -0.05) is 0 Å². The monoisotopic (exact) mass is 297 g/mol. The van der Waals surface area contributed by atoms with Crippen molar-refractivity contribution in [2.75, 3.05) is 5.75 Å². The lowest BCUT2D eigenvalue weighted by molar-refractivity contribution is -0.120. The van der Waals surface area contributed by atoms with Crippen molar-refractivity contribution < 1.29 is 14.7 Å². The first-order valence-electron chi connectivity index (χ1n) is 6.23. The maximum atomic E-state index is 11.5. The first-order chi connectivity index (χ1) is 9.47. The molecule has 0 saturated heterocycles. The van der Waals surface area contributed by atoms with Crippen molar-refractivity contribution in [1.29, 1.82) is 0 Å². The maximum absolute atomic E-state index is 11.5. The van der Waals surface area contributed by atoms with Gasteiger partial charge < -0.3 is 15.4 Å². The number of hydrogen-bond acceptors (Lipinski definition) is 5. The number of aromatic nitrogens is 2. The number of carboxylic acid groups (broad SMARTS) is 1. The van der Waals surface area contributed by atoms with Crippen LogP contribution in [0.3, 0.4) is 0 Å². The number of amides is 1. The molecule has 1 aliphatic rings. The molecule has 1 amide bonds. The largest absolute Gasteiger partial charge is 0.478 e. The lowest BCUT2D eigenvalue weighted by atomic mass is 10.2. The van der Waals surface area contributed by atoms with Gasteiger partial charge >= 0.3 is 11.7 Å². The third-order valence-electron chi connectivity index (χ3n) is 2.81. The van der Waals surface area contributed by atoms with Gasteiger partial charge in [0.15, 0.2) is 0 Å². The summed E-state index contributed by atoms with van der Waals surface area (Å²) in [6.07, 6.45) is 2.32. The molecule has 0 atom stereocenters. The van der Waals surface area contributed by atoms with Gasteiger partial charge in [-0.15, -0.1) is 11.8 Å². The van der Waals surface area contributed by atoms with Crippen molar-refractivity contribution in [2.45, 2.75) is 37.3 Å². The fourth-order valence-corrected chi connectivity index (χ4v) is 2.70. The Hall–Kier alpha value is -1.83. The Kier molecular flexibility index (Phi) is 4.43. The van der Waals surface area contributed by atoms with E-state index < -0.39 is 11.7 Å². The van der Waals surface area contributed by atoms with Crippen LogP contribution in [0.2, 0.25) is 0 Å². The van der Waals surface area contributed by atoms with Crippen LogP contribution >= 0.6 is 11.8 Å². The standard InChI is InChI=1S/C12H15N3O4S/c1-6-9(11(17)18)10(15-12(19)13-6)20-5-4-8(16)14-7-2-3-7/h7H,2-5H2,1H3,(H,14,16)(H,17,18)(H,13,15,19). The van der Waals surface area contributed by atoms with Crippen molar-refractivity contribution in [3.8, 4) is 0 Å². The van der Waals surface area contributed by atoms with E-state index in [-0.39, 0.29) is 28.6 Å². The second-order valence-corrected chi connectivity index (χ2v) is 5.68. The van der Waals surface area contributed by atoms with Gasteiger partial charge in [-0.05, 0) is 19.8 Å². The minimum Gasteiger partial charge on any atom is -0.478 e. The number of aryl methyl sites for hydroxylation is 1. The second kappa shape index (κ2) is 6.08. The van der Waals surface area contributed by atoms with Crippen LogP contribution < -0.4 is 11.0 Å². The van der Waals surface area contributed by atoms with E-state index >= 15 is 0 Å². The third kappa shape index (κ3) is 3.83. The topological polar surface area (TPSA) is 112 Å². The number of aromatic carboxylic acids is 1. The first-order valence-corrected chi connectivity index (χ1v) is 7.22. The average molecular weight is 297 g/mol. The normalized spacial score (nSPS) is 14.1. The summed E-state index contributed by atoms with van der Waals surface area (Å²) < 4.78 is 0. The van der Waals surface area contributed by atoms with Gasteiger partial charge in [0.1, 0.15) is 10.6 Å². The van der Waals surface area contributed by atoms with Crippen LogP contribution in [0.4, 0.5) is 0 Å². The molecular formula is C12H15N3O4S. The molecule has 7 nitrogen and oxygen atoms in total. The molecule has 0 unspecified atom stereocenters. The highest BCUT2D eigenvalue weighted by Gasteiger charge is 2.23. The van der Waals surface area contributed by atoms with Gasteiger partial charge in [-0.25, -0.2) is 9.59 Å². The Morgan fingerprint density at radius 2 is 2.20 bits per heavy atom. The van der Waals surface area contributed by atoms with Gasteiger partial charge in [-0.2, -0.15) is 4.98 Å². The molecule has 1 aromatic rings. The average Bonchev–Trinajstić information content (AvgIpc) is 3.11. The lowest BCUT2D eigenvalue weighted by Gasteiger charge is -2.07. The molecule has 0 aromatic carbocycles. The lowest BCUT2D eigenvalue weighted by Crippen LogP contribution is -2.25. The fourth-order valence-electron chi connectivity index (χ4n) is 1.68. The number of carbonyl (C=O) groups excluding carboxylic acids is 1. The van der Waals surface area contributed by atoms with Gasteiger partial charge in [0.2, 0.25) is 5.91 Å². The number of H-pyrrole nitrogens is 1. The Bertz CT molecular complexity index is 595. The molecule has 0 aliphatic heterocycles. The van der Waals surface area contributed by atoms with Crippen molar-refractivity contribution in [3.63, 3.8) is 0 Å². The summed E-state index contributed by atoms with van der Waals surface area (Å²) in [4.78, 5) is 40.0. The van der Waals surface area contributed by atoms with Crippen LogP contribution in [0.5, 0.6) is 0 Å². The van der Waals surface area contributed by atoms with Gasteiger partial charge in [-0.3, -0.25) is 4.79 Å². The number of nitrogens with zero attached hydrogens (tertiary/aromatic N) is 1. The second-order valence-electron chi connectivity index (χ2n) is 4.59. The zero-order chi connectivity index (χ0) is 14.7. The molecule has 1 aliphatic carbocycles. The zero-order valence-corrected chi connectivity index (χ0v) is 11.7. The third-order valence-corrected chi connectivity index (χ3v) is 3.79. The number of hydrogen-bond donors (Lipinski definition) is 3. The fraction of sp³-hybridized carbons (Fsp3) is 0.500. The number of rotatable bonds is 6. The summed E-state index contributed by atoms with van der Waals surface area (Å²) in [6, 6.07) is 0.307. The van der Waals surface area contributed by atoms with Crippen LogP contribution in [0.1, 0.15) is 35.3 Å². The van der Waals surface area contributed by atoms with Crippen LogP contribution in [0.25, 0.3) is 0 Å². The Balaban J connectivity index is 1.99. The Morgan fingerprint density at radius 1 is 1.50 bits per heavy atom. The Labute approximate surface area is 119 Å². The number of thioether (sulfide) groups is 1. The van der Waals surface area contributed by atoms with Crippen LogP contribution in [-0.2, 0) is 4.79 Å². The maximum Gasteiger partial charge on any atom is 0.346 e. The van der Waals surface area contributed by atoms with Crippen LogP contribution in [0.15, 0.2) is 9.82 Å². The molecular weight excluding hydrogens is 282 g/mol. The Morgan fingerprint density at radius 3 is 2.80 bits per heavy atom. The molecule has 8 heteroatoms. The van der Waals surface area contributed by atoms with E-state index in [1.807, 2.05) is 0 Å². The van der Waals surface area contributed by atoms with E-state index in [9.17, 15) is 14.4 Å². The van der Waals surface area contributed by atoms with Crippen LogP contribution in [-0.4, -0.2) is 38.7 Å². The van der Waals surface area contributed by atoms with Crippen molar-refractivity contribution in [3.05, 3.63) is 21.7 Å². The van der Waals surface area contributed by atoms with Crippen molar-refractivity contribution >= 4 is 23.6 Å². The van der Waals surface area contributed by atoms with E-state index in [1.54, 1.807) is 0 Å². The summed E-state index contributed by atoms with van der Waals surface area (Å²) in [5, 5.41) is 12.1. The molecule has 1 heterocycles. The molecule has 0 radical (unpaired) electrons. The predicted molar refractivity (Wildman–Crippen MR) is 73.1 cm³/mol. The zero-order valence-electron chi connectivity index (χ0n) is 10.9. The number of aromatic amines is 1. The van der Waals surface area contributed by atoms with E-state index in [0.29, 0.717) is 11.8 Å². The highest BCUT2D eigenvalue weighted by atomic mass is 32.2. The summed E-state index contributed by atoms with van der Waals surface area (Å²) in [5.74, 6) is -0.816. The number of carbonyl (C=O) groups is 2. The first kappa shape index (κ1) is 14.6. The van der Waals surface area contributed by atoms with E-state index in [1.165, 1.54) is 6.92 Å². The molecule has 1 saturated carbocycles. The molecule has 1 aromatic heterocycles. The summed E-state index contributed by atoms with van der Waals surface area (Å²) in [6.45, 7) is 1.51. The molecule has 20 heavy (non-hydrogen) atoms. The smallest absolute Gasteiger partial charge is 0.346 e. The summed E-state index contributed by atoms with van der Waals surface area (Å²) in [7, 11) is 0. The number of nitrogens with one attached hydrogen (secondary N) is 2. The highest BCUT2D eigenvalue weighted by molar-refractivity contribution is 7.99. The molecule has 1 fully saturated rings. The quantitative estimate of drug-likeness (QED) is 0.522. The molecule has 3 N–H and O–H groups in total. The molecule has 2 rings (SSSR count). The van der Waals surface area contributed by atoms with Crippen molar-refractivity contribution in [2.24, 2.45) is 0 Å². The summed E-state index contributed by atoms with van der Waals surface area (Å²) >= 11 is 1.11.